The third-order valence-corrected chi connectivity index (χ3v) is 3.23. The summed E-state index contributed by atoms with van der Waals surface area (Å²) in [4.78, 5) is 0. The Labute approximate surface area is 93.2 Å². The molecule has 3 heteroatoms. The average Bonchev–Trinajstić information content (AvgIpc) is 2.19. The predicted molar refractivity (Wildman–Crippen MR) is 61.9 cm³/mol. The van der Waals surface area contributed by atoms with E-state index < -0.39 is 0 Å². The number of hydrogen-bond acceptors (Lipinski definition) is 3. The molecule has 1 heterocycles. The van der Waals surface area contributed by atoms with Gasteiger partial charge in [-0.25, -0.2) is 0 Å². The first-order valence-corrected chi connectivity index (χ1v) is 6.08. The summed E-state index contributed by atoms with van der Waals surface area (Å²) in [6, 6.07) is 0. The maximum absolute atomic E-state index is 8.89. The number of aliphatic hydroxyl groups is 1. The van der Waals surface area contributed by atoms with E-state index in [4.69, 9.17) is 9.84 Å². The molecule has 1 aliphatic rings. The Balaban J connectivity index is 2.09. The minimum absolute atomic E-state index is 0.0694. The van der Waals surface area contributed by atoms with Crippen molar-refractivity contribution in [1.29, 1.82) is 0 Å². The molecule has 0 bridgehead atoms. The lowest BCUT2D eigenvalue weighted by Crippen LogP contribution is -2.41. The number of ether oxygens (including phenoxy) is 1. The molecule has 2 N–H and O–H groups in total. The van der Waals surface area contributed by atoms with Crippen molar-refractivity contribution < 1.29 is 9.84 Å². The van der Waals surface area contributed by atoms with Gasteiger partial charge in [0.1, 0.15) is 0 Å². The van der Waals surface area contributed by atoms with Crippen LogP contribution in [0.25, 0.3) is 0 Å². The van der Waals surface area contributed by atoms with Gasteiger partial charge in [-0.2, -0.15) is 0 Å². The zero-order valence-corrected chi connectivity index (χ0v) is 10.1. The Morgan fingerprint density at radius 2 is 2.00 bits per heavy atom. The van der Waals surface area contributed by atoms with Crippen LogP contribution in [0.2, 0.25) is 0 Å². The van der Waals surface area contributed by atoms with Crippen LogP contribution in [0, 0.1) is 5.92 Å². The first-order valence-electron chi connectivity index (χ1n) is 6.08. The molecule has 0 aromatic heterocycles. The first-order chi connectivity index (χ1) is 7.14. The molecule has 0 aromatic carbocycles. The fourth-order valence-electron chi connectivity index (χ4n) is 2.02. The molecule has 0 radical (unpaired) electrons. The van der Waals surface area contributed by atoms with Crippen LogP contribution in [0.1, 0.15) is 39.5 Å². The second-order valence-electron chi connectivity index (χ2n) is 5.13. The molecular weight excluding hydrogens is 190 g/mol. The SMILES string of the molecule is CC(C)(CCO)NCCC1CCOCC1. The van der Waals surface area contributed by atoms with E-state index in [0.29, 0.717) is 0 Å². The van der Waals surface area contributed by atoms with Crippen molar-refractivity contribution in [2.24, 2.45) is 5.92 Å². The van der Waals surface area contributed by atoms with Crippen molar-refractivity contribution >= 4 is 0 Å². The normalized spacial score (nSPS) is 19.4. The molecule has 15 heavy (non-hydrogen) atoms. The highest BCUT2D eigenvalue weighted by Gasteiger charge is 2.18. The zero-order valence-electron chi connectivity index (χ0n) is 10.1. The number of hydrogen-bond donors (Lipinski definition) is 2. The van der Waals surface area contributed by atoms with Gasteiger partial charge in [0.2, 0.25) is 0 Å². The maximum atomic E-state index is 8.89. The van der Waals surface area contributed by atoms with Crippen LogP contribution >= 0.6 is 0 Å². The minimum atomic E-state index is 0.0694. The molecule has 0 aromatic rings. The number of rotatable bonds is 6. The molecule has 1 fully saturated rings. The van der Waals surface area contributed by atoms with Gasteiger partial charge < -0.3 is 15.2 Å². The van der Waals surface area contributed by atoms with E-state index in [1.54, 1.807) is 0 Å². The average molecular weight is 215 g/mol. The van der Waals surface area contributed by atoms with Crippen LogP contribution in [0.3, 0.4) is 0 Å². The molecule has 0 amide bonds. The summed E-state index contributed by atoms with van der Waals surface area (Å²) in [6.07, 6.45) is 4.48. The second-order valence-corrected chi connectivity index (χ2v) is 5.13. The van der Waals surface area contributed by atoms with Crippen LogP contribution < -0.4 is 5.32 Å². The summed E-state index contributed by atoms with van der Waals surface area (Å²) in [5, 5.41) is 12.4. The van der Waals surface area contributed by atoms with Gasteiger partial charge in [0.05, 0.1) is 0 Å². The Morgan fingerprint density at radius 3 is 2.60 bits per heavy atom. The van der Waals surface area contributed by atoms with Gasteiger partial charge in [-0.15, -0.1) is 0 Å². The van der Waals surface area contributed by atoms with Crippen molar-refractivity contribution in [2.75, 3.05) is 26.4 Å². The third kappa shape index (κ3) is 5.50. The summed E-state index contributed by atoms with van der Waals surface area (Å²) in [7, 11) is 0. The fourth-order valence-corrected chi connectivity index (χ4v) is 2.02. The van der Waals surface area contributed by atoms with Gasteiger partial charge in [0.25, 0.3) is 0 Å². The molecular formula is C12H25NO2. The third-order valence-electron chi connectivity index (χ3n) is 3.23. The molecule has 3 nitrogen and oxygen atoms in total. The summed E-state index contributed by atoms with van der Waals surface area (Å²) in [5.74, 6) is 0.830. The lowest BCUT2D eigenvalue weighted by Gasteiger charge is -2.28. The topological polar surface area (TPSA) is 41.5 Å². The van der Waals surface area contributed by atoms with E-state index in [-0.39, 0.29) is 12.1 Å². The summed E-state index contributed by atoms with van der Waals surface area (Å²) < 4.78 is 5.33. The van der Waals surface area contributed by atoms with E-state index in [9.17, 15) is 0 Å². The van der Waals surface area contributed by atoms with Gasteiger partial charge in [0.15, 0.2) is 0 Å². The lowest BCUT2D eigenvalue weighted by atomic mass is 9.95. The Kier molecular flexibility index (Phi) is 5.58. The van der Waals surface area contributed by atoms with Crippen molar-refractivity contribution in [3.8, 4) is 0 Å². The van der Waals surface area contributed by atoms with Crippen molar-refractivity contribution in [2.45, 2.75) is 45.1 Å². The van der Waals surface area contributed by atoms with Gasteiger partial charge in [-0.1, -0.05) is 0 Å². The largest absolute Gasteiger partial charge is 0.396 e. The highest BCUT2D eigenvalue weighted by Crippen LogP contribution is 2.18. The van der Waals surface area contributed by atoms with E-state index >= 15 is 0 Å². The molecule has 0 aliphatic carbocycles. The quantitative estimate of drug-likeness (QED) is 0.706. The first kappa shape index (κ1) is 12.9. The molecule has 1 aliphatic heterocycles. The smallest absolute Gasteiger partial charge is 0.0468 e. The van der Waals surface area contributed by atoms with Crippen LogP contribution in [-0.4, -0.2) is 37.0 Å². The molecule has 0 spiro atoms. The fraction of sp³-hybridized carbons (Fsp3) is 1.00. The van der Waals surface area contributed by atoms with Crippen LogP contribution in [0.5, 0.6) is 0 Å². The van der Waals surface area contributed by atoms with Gasteiger partial charge in [0, 0.05) is 25.4 Å². The molecule has 1 saturated heterocycles. The Morgan fingerprint density at radius 1 is 1.33 bits per heavy atom. The van der Waals surface area contributed by atoms with Gasteiger partial charge in [-0.3, -0.25) is 0 Å². The monoisotopic (exact) mass is 215 g/mol. The minimum Gasteiger partial charge on any atom is -0.396 e. The van der Waals surface area contributed by atoms with Crippen molar-refractivity contribution in [3.63, 3.8) is 0 Å². The van der Waals surface area contributed by atoms with Crippen molar-refractivity contribution in [1.82, 2.24) is 5.32 Å². The van der Waals surface area contributed by atoms with E-state index in [1.807, 2.05) is 0 Å². The highest BCUT2D eigenvalue weighted by atomic mass is 16.5. The van der Waals surface area contributed by atoms with E-state index in [0.717, 1.165) is 32.1 Å². The molecule has 0 atom stereocenters. The molecule has 0 unspecified atom stereocenters. The zero-order chi connectivity index (χ0) is 11.1. The summed E-state index contributed by atoms with van der Waals surface area (Å²) in [6.45, 7) is 7.48. The number of nitrogens with one attached hydrogen (secondary N) is 1. The van der Waals surface area contributed by atoms with Gasteiger partial charge >= 0.3 is 0 Å². The van der Waals surface area contributed by atoms with Crippen LogP contribution in [0.4, 0.5) is 0 Å². The maximum Gasteiger partial charge on any atom is 0.0468 e. The second kappa shape index (κ2) is 6.46. The molecule has 90 valence electrons. The van der Waals surface area contributed by atoms with Crippen LogP contribution in [0.15, 0.2) is 0 Å². The highest BCUT2D eigenvalue weighted by molar-refractivity contribution is 4.77. The predicted octanol–water partition coefficient (Wildman–Crippen LogP) is 1.55. The number of aliphatic hydroxyl groups excluding tert-OH is 1. The van der Waals surface area contributed by atoms with Crippen LogP contribution in [-0.2, 0) is 4.74 Å². The standard InChI is InChI=1S/C12H25NO2/c1-12(2,6-8-14)13-7-3-11-4-9-15-10-5-11/h11,13-14H,3-10H2,1-2H3. The Hall–Kier alpha value is -0.120. The van der Waals surface area contributed by atoms with Gasteiger partial charge in [-0.05, 0) is 52.0 Å². The van der Waals surface area contributed by atoms with Crippen molar-refractivity contribution in [3.05, 3.63) is 0 Å². The summed E-state index contributed by atoms with van der Waals surface area (Å²) in [5.41, 5.74) is 0.0694. The molecule has 0 saturated carbocycles. The lowest BCUT2D eigenvalue weighted by molar-refractivity contribution is 0.0632. The summed E-state index contributed by atoms with van der Waals surface area (Å²) >= 11 is 0. The van der Waals surface area contributed by atoms with E-state index in [1.165, 1.54) is 19.3 Å². The van der Waals surface area contributed by atoms with E-state index in [2.05, 4.69) is 19.2 Å². The Bertz CT molecular complexity index is 165. The molecule has 1 rings (SSSR count).